The molecule has 0 aliphatic carbocycles. The second kappa shape index (κ2) is 7.41. The fourth-order valence-electron chi connectivity index (χ4n) is 2.44. The summed E-state index contributed by atoms with van der Waals surface area (Å²) in [6, 6.07) is 15.3. The van der Waals surface area contributed by atoms with Gasteiger partial charge in [-0.3, -0.25) is 0 Å². The van der Waals surface area contributed by atoms with Gasteiger partial charge in [0.25, 0.3) is 0 Å². The highest BCUT2D eigenvalue weighted by molar-refractivity contribution is 5.86. The van der Waals surface area contributed by atoms with Gasteiger partial charge >= 0.3 is 0 Å². The first kappa shape index (κ1) is 15.0. The lowest BCUT2D eigenvalue weighted by Gasteiger charge is -2.22. The molecule has 0 aliphatic rings. The lowest BCUT2D eigenvalue weighted by atomic mass is 9.99. The van der Waals surface area contributed by atoms with Gasteiger partial charge in [0.2, 0.25) is 0 Å². The first-order chi connectivity index (χ1) is 9.76. The van der Waals surface area contributed by atoms with E-state index < -0.39 is 0 Å². The zero-order valence-electron chi connectivity index (χ0n) is 12.7. The molecule has 1 N–H and O–H groups in total. The summed E-state index contributed by atoms with van der Waals surface area (Å²) in [6.45, 7) is 8.09. The molecule has 2 aromatic rings. The van der Waals surface area contributed by atoms with Crippen molar-refractivity contribution in [3.63, 3.8) is 0 Å². The molecule has 2 heteroatoms. The Morgan fingerprint density at radius 2 is 1.80 bits per heavy atom. The Balaban J connectivity index is 2.26. The highest BCUT2D eigenvalue weighted by atomic mass is 16.5. The average molecular weight is 271 g/mol. The van der Waals surface area contributed by atoms with E-state index in [1.165, 1.54) is 16.3 Å². The van der Waals surface area contributed by atoms with Gasteiger partial charge in [0.1, 0.15) is 0 Å². The Hall–Kier alpha value is -1.38. The number of rotatable bonds is 7. The third-order valence-corrected chi connectivity index (χ3v) is 3.77. The fraction of sp³-hybridized carbons (Fsp3) is 0.444. The van der Waals surface area contributed by atoms with Crippen LogP contribution in [0.2, 0.25) is 0 Å². The van der Waals surface area contributed by atoms with E-state index in [1.54, 1.807) is 0 Å². The second-order valence-electron chi connectivity index (χ2n) is 5.23. The second-order valence-corrected chi connectivity index (χ2v) is 5.23. The first-order valence-electron chi connectivity index (χ1n) is 7.58. The van der Waals surface area contributed by atoms with E-state index in [1.807, 2.05) is 0 Å². The van der Waals surface area contributed by atoms with E-state index in [4.69, 9.17) is 4.74 Å². The molecular formula is C18H25NO. The molecule has 0 saturated heterocycles. The molecule has 2 rings (SSSR count). The highest BCUT2D eigenvalue weighted by Gasteiger charge is 2.14. The highest BCUT2D eigenvalue weighted by Crippen LogP contribution is 2.25. The molecule has 0 saturated carbocycles. The van der Waals surface area contributed by atoms with Crippen molar-refractivity contribution in [3.05, 3.63) is 48.0 Å². The van der Waals surface area contributed by atoms with Gasteiger partial charge in [-0.25, -0.2) is 0 Å². The van der Waals surface area contributed by atoms with Crippen LogP contribution in [0.15, 0.2) is 42.5 Å². The monoisotopic (exact) mass is 271 g/mol. The molecule has 0 fully saturated rings. The van der Waals surface area contributed by atoms with Crippen LogP contribution in [0.5, 0.6) is 0 Å². The van der Waals surface area contributed by atoms with E-state index in [-0.39, 0.29) is 6.04 Å². The topological polar surface area (TPSA) is 21.3 Å². The predicted molar refractivity (Wildman–Crippen MR) is 86.1 cm³/mol. The van der Waals surface area contributed by atoms with Crippen LogP contribution in [-0.4, -0.2) is 19.3 Å². The molecule has 108 valence electrons. The molecule has 0 aliphatic heterocycles. The van der Waals surface area contributed by atoms with E-state index in [0.29, 0.717) is 6.10 Å². The minimum Gasteiger partial charge on any atom is -0.377 e. The molecule has 2 nitrogen and oxygen atoms in total. The Kier molecular flexibility index (Phi) is 5.57. The number of hydrogen-bond acceptors (Lipinski definition) is 2. The molecule has 0 spiro atoms. The van der Waals surface area contributed by atoms with Crippen molar-refractivity contribution < 1.29 is 4.74 Å². The molecule has 0 radical (unpaired) electrons. The normalized spacial score (nSPS) is 14.3. The SMILES string of the molecule is CCNC(COC(C)CC)c1cccc2ccccc12. The number of fused-ring (bicyclic) bond motifs is 1. The lowest BCUT2D eigenvalue weighted by Crippen LogP contribution is -2.27. The van der Waals surface area contributed by atoms with Crippen molar-refractivity contribution in [2.45, 2.75) is 39.3 Å². The lowest BCUT2D eigenvalue weighted by molar-refractivity contribution is 0.0479. The van der Waals surface area contributed by atoms with Gasteiger partial charge in [-0.2, -0.15) is 0 Å². The third kappa shape index (κ3) is 3.59. The molecule has 0 aromatic heterocycles. The number of ether oxygens (including phenoxy) is 1. The number of hydrogen-bond donors (Lipinski definition) is 1. The fourth-order valence-corrected chi connectivity index (χ4v) is 2.44. The summed E-state index contributed by atoms with van der Waals surface area (Å²) in [5, 5.41) is 6.15. The van der Waals surface area contributed by atoms with Crippen molar-refractivity contribution >= 4 is 10.8 Å². The first-order valence-corrected chi connectivity index (χ1v) is 7.58. The van der Waals surface area contributed by atoms with Crippen LogP contribution in [0.3, 0.4) is 0 Å². The summed E-state index contributed by atoms with van der Waals surface area (Å²) in [5.74, 6) is 0. The van der Waals surface area contributed by atoms with Crippen LogP contribution in [0.4, 0.5) is 0 Å². The summed E-state index contributed by atoms with van der Waals surface area (Å²) < 4.78 is 5.95. The summed E-state index contributed by atoms with van der Waals surface area (Å²) in [4.78, 5) is 0. The van der Waals surface area contributed by atoms with Gasteiger partial charge in [0.05, 0.1) is 18.8 Å². The predicted octanol–water partition coefficient (Wildman–Crippen LogP) is 4.31. The van der Waals surface area contributed by atoms with Crippen LogP contribution < -0.4 is 5.32 Å². The van der Waals surface area contributed by atoms with Crippen molar-refractivity contribution in [2.24, 2.45) is 0 Å². The van der Waals surface area contributed by atoms with Crippen molar-refractivity contribution in [1.29, 1.82) is 0 Å². The molecule has 2 atom stereocenters. The Bertz CT molecular complexity index is 532. The quantitative estimate of drug-likeness (QED) is 0.810. The van der Waals surface area contributed by atoms with Gasteiger partial charge in [0.15, 0.2) is 0 Å². The largest absolute Gasteiger partial charge is 0.377 e. The van der Waals surface area contributed by atoms with Crippen molar-refractivity contribution in [1.82, 2.24) is 5.32 Å². The zero-order chi connectivity index (χ0) is 14.4. The average Bonchev–Trinajstić information content (AvgIpc) is 2.50. The van der Waals surface area contributed by atoms with E-state index in [0.717, 1.165) is 19.6 Å². The standard InChI is InChI=1S/C18H25NO/c1-4-14(3)20-13-18(19-5-2)17-12-8-10-15-9-6-7-11-16(15)17/h6-12,14,18-19H,4-5,13H2,1-3H3. The van der Waals surface area contributed by atoms with Crippen LogP contribution >= 0.6 is 0 Å². The molecule has 2 aromatic carbocycles. The zero-order valence-corrected chi connectivity index (χ0v) is 12.7. The number of likely N-dealkylation sites (N-methyl/N-ethyl adjacent to an activating group) is 1. The van der Waals surface area contributed by atoms with Crippen molar-refractivity contribution in [2.75, 3.05) is 13.2 Å². The van der Waals surface area contributed by atoms with Crippen LogP contribution in [0.1, 0.15) is 38.8 Å². The summed E-state index contributed by atoms with van der Waals surface area (Å²) in [5.41, 5.74) is 1.33. The molecular weight excluding hydrogens is 246 g/mol. The minimum absolute atomic E-state index is 0.250. The van der Waals surface area contributed by atoms with Gasteiger partial charge in [-0.1, -0.05) is 56.3 Å². The molecule has 0 amide bonds. The van der Waals surface area contributed by atoms with Gasteiger partial charge in [-0.05, 0) is 36.2 Å². The maximum Gasteiger partial charge on any atom is 0.0665 e. The van der Waals surface area contributed by atoms with Crippen molar-refractivity contribution in [3.8, 4) is 0 Å². The maximum atomic E-state index is 5.95. The molecule has 20 heavy (non-hydrogen) atoms. The van der Waals surface area contributed by atoms with Gasteiger partial charge < -0.3 is 10.1 Å². The Labute approximate surface area is 122 Å². The van der Waals surface area contributed by atoms with E-state index in [2.05, 4.69) is 68.6 Å². The summed E-state index contributed by atoms with van der Waals surface area (Å²) in [6.07, 6.45) is 1.36. The van der Waals surface area contributed by atoms with Gasteiger partial charge in [0, 0.05) is 0 Å². The van der Waals surface area contributed by atoms with Crippen LogP contribution in [0, 0.1) is 0 Å². The van der Waals surface area contributed by atoms with E-state index >= 15 is 0 Å². The Morgan fingerprint density at radius 3 is 2.55 bits per heavy atom. The smallest absolute Gasteiger partial charge is 0.0665 e. The number of nitrogens with one attached hydrogen (secondary N) is 1. The Morgan fingerprint density at radius 1 is 1.05 bits per heavy atom. The summed E-state index contributed by atoms with van der Waals surface area (Å²) in [7, 11) is 0. The molecule has 2 unspecified atom stereocenters. The van der Waals surface area contributed by atoms with Crippen LogP contribution in [0.25, 0.3) is 10.8 Å². The van der Waals surface area contributed by atoms with Crippen LogP contribution in [-0.2, 0) is 4.74 Å². The molecule has 0 heterocycles. The summed E-state index contributed by atoms with van der Waals surface area (Å²) >= 11 is 0. The van der Waals surface area contributed by atoms with Gasteiger partial charge in [-0.15, -0.1) is 0 Å². The molecule has 0 bridgehead atoms. The third-order valence-electron chi connectivity index (χ3n) is 3.77. The minimum atomic E-state index is 0.250. The van der Waals surface area contributed by atoms with E-state index in [9.17, 15) is 0 Å². The maximum absolute atomic E-state index is 5.95. The number of benzene rings is 2.